The molecular weight excluding hydrogens is 178 g/mol. The van der Waals surface area contributed by atoms with Crippen molar-refractivity contribution < 1.29 is 4.79 Å². The van der Waals surface area contributed by atoms with Crippen LogP contribution in [0.1, 0.15) is 33.1 Å². The summed E-state index contributed by atoms with van der Waals surface area (Å²) in [6.07, 6.45) is 3.18. The Labute approximate surface area is 84.2 Å². The van der Waals surface area contributed by atoms with Crippen molar-refractivity contribution in [3.05, 3.63) is 0 Å². The van der Waals surface area contributed by atoms with Gasteiger partial charge in [0, 0.05) is 6.04 Å². The smallest absolute Gasteiger partial charge is 0.231 e. The first-order chi connectivity index (χ1) is 6.66. The SMILES string of the molecule is CC(C)NC1=NC2CCCC2C(=O)N1. The summed E-state index contributed by atoms with van der Waals surface area (Å²) in [5.74, 6) is 0.937. The molecule has 2 rings (SSSR count). The van der Waals surface area contributed by atoms with Gasteiger partial charge in [-0.05, 0) is 26.7 Å². The normalized spacial score (nSPS) is 31.1. The van der Waals surface area contributed by atoms with E-state index in [0.717, 1.165) is 19.3 Å². The number of fused-ring (bicyclic) bond motifs is 1. The summed E-state index contributed by atoms with van der Waals surface area (Å²) in [6.45, 7) is 4.07. The second kappa shape index (κ2) is 3.59. The Morgan fingerprint density at radius 1 is 1.50 bits per heavy atom. The minimum atomic E-state index is 0.132. The molecule has 4 nitrogen and oxygen atoms in total. The average molecular weight is 195 g/mol. The molecule has 2 N–H and O–H groups in total. The van der Waals surface area contributed by atoms with Crippen molar-refractivity contribution in [2.75, 3.05) is 0 Å². The first-order valence-electron chi connectivity index (χ1n) is 5.32. The number of nitrogens with one attached hydrogen (secondary N) is 2. The van der Waals surface area contributed by atoms with Gasteiger partial charge in [-0.25, -0.2) is 4.99 Å². The maximum Gasteiger partial charge on any atom is 0.231 e. The summed E-state index contributed by atoms with van der Waals surface area (Å²) in [7, 11) is 0. The van der Waals surface area contributed by atoms with Crippen LogP contribution >= 0.6 is 0 Å². The number of guanidine groups is 1. The van der Waals surface area contributed by atoms with Crippen molar-refractivity contribution in [3.63, 3.8) is 0 Å². The monoisotopic (exact) mass is 195 g/mol. The van der Waals surface area contributed by atoms with Crippen molar-refractivity contribution in [1.82, 2.24) is 10.6 Å². The number of carbonyl (C=O) groups excluding carboxylic acids is 1. The Bertz CT molecular complexity index is 273. The molecule has 1 amide bonds. The van der Waals surface area contributed by atoms with Crippen LogP contribution in [0.2, 0.25) is 0 Å². The Kier molecular flexibility index (Phi) is 2.44. The van der Waals surface area contributed by atoms with Crippen LogP contribution in [0.15, 0.2) is 4.99 Å². The lowest BCUT2D eigenvalue weighted by atomic mass is 10.0. The molecule has 0 spiro atoms. The van der Waals surface area contributed by atoms with Crippen molar-refractivity contribution in [2.24, 2.45) is 10.9 Å². The molecule has 0 bridgehead atoms. The Morgan fingerprint density at radius 2 is 2.29 bits per heavy atom. The fourth-order valence-corrected chi connectivity index (χ4v) is 2.16. The highest BCUT2D eigenvalue weighted by atomic mass is 16.2. The Hall–Kier alpha value is -1.06. The Balaban J connectivity index is 2.09. The summed E-state index contributed by atoms with van der Waals surface area (Å²) in [5.41, 5.74) is 0. The van der Waals surface area contributed by atoms with Gasteiger partial charge in [0.15, 0.2) is 5.96 Å². The lowest BCUT2D eigenvalue weighted by molar-refractivity contribution is -0.124. The summed E-state index contributed by atoms with van der Waals surface area (Å²) >= 11 is 0. The predicted octanol–water partition coefficient (Wildman–Crippen LogP) is 0.639. The third-order valence-corrected chi connectivity index (χ3v) is 2.78. The van der Waals surface area contributed by atoms with Crippen LogP contribution < -0.4 is 10.6 Å². The van der Waals surface area contributed by atoms with Crippen LogP contribution in [-0.2, 0) is 4.79 Å². The molecule has 0 aromatic carbocycles. The van der Waals surface area contributed by atoms with Gasteiger partial charge in [-0.15, -0.1) is 0 Å². The molecule has 0 aromatic rings. The maximum atomic E-state index is 11.6. The molecular formula is C10H17N3O. The van der Waals surface area contributed by atoms with Crippen molar-refractivity contribution in [3.8, 4) is 0 Å². The number of carbonyl (C=O) groups is 1. The molecule has 1 heterocycles. The first-order valence-corrected chi connectivity index (χ1v) is 5.32. The van der Waals surface area contributed by atoms with E-state index in [4.69, 9.17) is 0 Å². The van der Waals surface area contributed by atoms with Crippen molar-refractivity contribution in [2.45, 2.75) is 45.2 Å². The van der Waals surface area contributed by atoms with E-state index in [1.807, 2.05) is 13.8 Å². The number of aliphatic imine (C=N–C) groups is 1. The Morgan fingerprint density at radius 3 is 3.00 bits per heavy atom. The summed E-state index contributed by atoms with van der Waals surface area (Å²) in [6, 6.07) is 0.539. The minimum Gasteiger partial charge on any atom is -0.354 e. The molecule has 1 aliphatic carbocycles. The fourth-order valence-electron chi connectivity index (χ4n) is 2.16. The predicted molar refractivity (Wildman–Crippen MR) is 55.0 cm³/mol. The van der Waals surface area contributed by atoms with Gasteiger partial charge in [-0.1, -0.05) is 6.42 Å². The molecule has 1 saturated carbocycles. The van der Waals surface area contributed by atoms with Crippen LogP contribution in [0.25, 0.3) is 0 Å². The third-order valence-electron chi connectivity index (χ3n) is 2.78. The summed E-state index contributed by atoms with van der Waals surface area (Å²) < 4.78 is 0. The van der Waals surface area contributed by atoms with E-state index in [9.17, 15) is 4.79 Å². The second-order valence-electron chi connectivity index (χ2n) is 4.37. The topological polar surface area (TPSA) is 53.5 Å². The molecule has 14 heavy (non-hydrogen) atoms. The highest BCUT2D eigenvalue weighted by molar-refractivity contribution is 6.00. The number of amides is 1. The molecule has 0 saturated heterocycles. The van der Waals surface area contributed by atoms with Crippen LogP contribution in [0.4, 0.5) is 0 Å². The molecule has 2 aliphatic rings. The second-order valence-corrected chi connectivity index (χ2v) is 4.37. The van der Waals surface area contributed by atoms with Crippen molar-refractivity contribution >= 4 is 11.9 Å². The molecule has 1 aliphatic heterocycles. The standard InChI is InChI=1S/C10H17N3O/c1-6(2)11-10-12-8-5-3-4-7(8)9(14)13-10/h6-8H,3-5H2,1-2H3,(H2,11,12,13,14). The lowest BCUT2D eigenvalue weighted by Crippen LogP contribution is -2.51. The van der Waals surface area contributed by atoms with E-state index in [0.29, 0.717) is 12.0 Å². The van der Waals surface area contributed by atoms with E-state index >= 15 is 0 Å². The zero-order valence-electron chi connectivity index (χ0n) is 8.71. The summed E-state index contributed by atoms with van der Waals surface area (Å²) in [4.78, 5) is 16.1. The zero-order valence-corrected chi connectivity index (χ0v) is 8.71. The zero-order chi connectivity index (χ0) is 10.1. The van der Waals surface area contributed by atoms with Gasteiger partial charge < -0.3 is 5.32 Å². The minimum absolute atomic E-state index is 0.132. The van der Waals surface area contributed by atoms with E-state index in [1.54, 1.807) is 0 Å². The lowest BCUT2D eigenvalue weighted by Gasteiger charge is -2.25. The molecule has 0 radical (unpaired) electrons. The largest absolute Gasteiger partial charge is 0.354 e. The molecule has 4 heteroatoms. The van der Waals surface area contributed by atoms with Gasteiger partial charge in [0.2, 0.25) is 5.91 Å². The molecule has 2 unspecified atom stereocenters. The van der Waals surface area contributed by atoms with E-state index in [2.05, 4.69) is 15.6 Å². The highest BCUT2D eigenvalue weighted by Gasteiger charge is 2.36. The van der Waals surface area contributed by atoms with Gasteiger partial charge in [0.25, 0.3) is 0 Å². The van der Waals surface area contributed by atoms with Crippen LogP contribution in [0.3, 0.4) is 0 Å². The van der Waals surface area contributed by atoms with Gasteiger partial charge in [0.05, 0.1) is 12.0 Å². The number of hydrogen-bond donors (Lipinski definition) is 2. The number of nitrogens with zero attached hydrogens (tertiary/aromatic N) is 1. The third kappa shape index (κ3) is 1.74. The average Bonchev–Trinajstić information content (AvgIpc) is 2.50. The van der Waals surface area contributed by atoms with E-state index < -0.39 is 0 Å². The van der Waals surface area contributed by atoms with Gasteiger partial charge in [-0.3, -0.25) is 10.1 Å². The van der Waals surface area contributed by atoms with Crippen LogP contribution in [0, 0.1) is 5.92 Å². The van der Waals surface area contributed by atoms with Gasteiger partial charge in [0.1, 0.15) is 0 Å². The highest BCUT2D eigenvalue weighted by Crippen LogP contribution is 2.30. The molecule has 1 fully saturated rings. The quantitative estimate of drug-likeness (QED) is 0.645. The van der Waals surface area contributed by atoms with E-state index in [-0.39, 0.29) is 17.9 Å². The van der Waals surface area contributed by atoms with Crippen LogP contribution in [-0.4, -0.2) is 24.0 Å². The molecule has 0 aromatic heterocycles. The van der Waals surface area contributed by atoms with Gasteiger partial charge in [-0.2, -0.15) is 0 Å². The maximum absolute atomic E-state index is 11.6. The van der Waals surface area contributed by atoms with Crippen molar-refractivity contribution in [1.29, 1.82) is 0 Å². The number of rotatable bonds is 1. The molecule has 2 atom stereocenters. The first kappa shape index (κ1) is 9.49. The van der Waals surface area contributed by atoms with E-state index in [1.165, 1.54) is 0 Å². The summed E-state index contributed by atoms with van der Waals surface area (Å²) in [5, 5.41) is 5.96. The number of hydrogen-bond acceptors (Lipinski definition) is 3. The fraction of sp³-hybridized carbons (Fsp3) is 0.800. The molecule has 78 valence electrons. The van der Waals surface area contributed by atoms with Crippen LogP contribution in [0.5, 0.6) is 0 Å². The van der Waals surface area contributed by atoms with Gasteiger partial charge >= 0.3 is 0 Å².